The summed E-state index contributed by atoms with van der Waals surface area (Å²) in [7, 11) is 1.78. The SMILES string of the molecule is Cc1cc(NC(=O)NC(CN2CCCC2=O)c2ccccc2)n(C)n1. The van der Waals surface area contributed by atoms with Gasteiger partial charge in [-0.15, -0.1) is 0 Å². The topological polar surface area (TPSA) is 79.3 Å². The lowest BCUT2D eigenvalue weighted by Crippen LogP contribution is -2.40. The molecule has 0 saturated carbocycles. The first-order valence-electron chi connectivity index (χ1n) is 8.44. The highest BCUT2D eigenvalue weighted by atomic mass is 16.2. The van der Waals surface area contributed by atoms with Crippen LogP contribution in [0.2, 0.25) is 0 Å². The van der Waals surface area contributed by atoms with E-state index in [9.17, 15) is 9.59 Å². The highest BCUT2D eigenvalue weighted by molar-refractivity contribution is 5.88. The fraction of sp³-hybridized carbons (Fsp3) is 0.389. The van der Waals surface area contributed by atoms with E-state index in [0.29, 0.717) is 18.8 Å². The Morgan fingerprint density at radius 1 is 1.32 bits per heavy atom. The smallest absolute Gasteiger partial charge is 0.320 e. The number of anilines is 1. The van der Waals surface area contributed by atoms with Crippen molar-refractivity contribution in [2.24, 2.45) is 7.05 Å². The van der Waals surface area contributed by atoms with E-state index in [1.807, 2.05) is 42.2 Å². The van der Waals surface area contributed by atoms with Crippen molar-refractivity contribution in [2.75, 3.05) is 18.4 Å². The van der Waals surface area contributed by atoms with Crippen LogP contribution in [0, 0.1) is 6.92 Å². The monoisotopic (exact) mass is 341 g/mol. The number of amides is 3. The number of likely N-dealkylation sites (tertiary alicyclic amines) is 1. The summed E-state index contributed by atoms with van der Waals surface area (Å²) in [5.41, 5.74) is 1.80. The van der Waals surface area contributed by atoms with Crippen LogP contribution in [-0.4, -0.2) is 39.7 Å². The average molecular weight is 341 g/mol. The predicted molar refractivity (Wildman–Crippen MR) is 95.1 cm³/mol. The summed E-state index contributed by atoms with van der Waals surface area (Å²) in [5, 5.41) is 10.0. The molecule has 3 rings (SSSR count). The molecule has 7 nitrogen and oxygen atoms in total. The van der Waals surface area contributed by atoms with Crippen LogP contribution in [0.25, 0.3) is 0 Å². The van der Waals surface area contributed by atoms with E-state index in [4.69, 9.17) is 0 Å². The normalized spacial score (nSPS) is 15.3. The van der Waals surface area contributed by atoms with Crippen LogP contribution < -0.4 is 10.6 Å². The van der Waals surface area contributed by atoms with E-state index < -0.39 is 0 Å². The minimum atomic E-state index is -0.316. The molecule has 1 aromatic carbocycles. The van der Waals surface area contributed by atoms with Crippen molar-refractivity contribution >= 4 is 17.8 Å². The highest BCUT2D eigenvalue weighted by Gasteiger charge is 2.25. The number of rotatable bonds is 5. The molecule has 132 valence electrons. The summed E-state index contributed by atoms with van der Waals surface area (Å²) < 4.78 is 1.62. The lowest BCUT2D eigenvalue weighted by molar-refractivity contribution is -0.128. The summed E-state index contributed by atoms with van der Waals surface area (Å²) in [6.45, 7) is 3.09. The summed E-state index contributed by atoms with van der Waals surface area (Å²) in [4.78, 5) is 26.2. The van der Waals surface area contributed by atoms with Crippen molar-refractivity contribution in [3.63, 3.8) is 0 Å². The second kappa shape index (κ2) is 7.38. The van der Waals surface area contributed by atoms with Crippen molar-refractivity contribution in [2.45, 2.75) is 25.8 Å². The molecule has 2 heterocycles. The van der Waals surface area contributed by atoms with Gasteiger partial charge in [-0.1, -0.05) is 30.3 Å². The quantitative estimate of drug-likeness (QED) is 0.875. The van der Waals surface area contributed by atoms with Crippen molar-refractivity contribution in [1.82, 2.24) is 20.0 Å². The zero-order valence-electron chi connectivity index (χ0n) is 14.5. The standard InChI is InChI=1S/C18H23N5O2/c1-13-11-16(22(2)21-13)20-18(25)19-15(14-7-4-3-5-8-14)12-23-10-6-9-17(23)24/h3-5,7-8,11,15H,6,9-10,12H2,1-2H3,(H2,19,20,25). The molecule has 1 saturated heterocycles. The van der Waals surface area contributed by atoms with Crippen molar-refractivity contribution in [1.29, 1.82) is 0 Å². The molecule has 2 aromatic rings. The Morgan fingerprint density at radius 2 is 2.08 bits per heavy atom. The van der Waals surface area contributed by atoms with Crippen LogP contribution in [0.3, 0.4) is 0 Å². The fourth-order valence-corrected chi connectivity index (χ4v) is 3.08. The number of hydrogen-bond donors (Lipinski definition) is 2. The third-order valence-corrected chi connectivity index (χ3v) is 4.33. The number of carbonyl (C=O) groups is 2. The van der Waals surface area contributed by atoms with Gasteiger partial charge in [0, 0.05) is 32.6 Å². The van der Waals surface area contributed by atoms with Crippen LogP contribution in [0.4, 0.5) is 10.6 Å². The largest absolute Gasteiger partial charge is 0.340 e. The predicted octanol–water partition coefficient (Wildman–Crippen LogP) is 2.21. The van der Waals surface area contributed by atoms with Gasteiger partial charge in [-0.25, -0.2) is 4.79 Å². The van der Waals surface area contributed by atoms with E-state index in [2.05, 4.69) is 15.7 Å². The first-order valence-corrected chi connectivity index (χ1v) is 8.44. The van der Waals surface area contributed by atoms with Gasteiger partial charge in [0.25, 0.3) is 0 Å². The first-order chi connectivity index (χ1) is 12.0. The Morgan fingerprint density at radius 3 is 2.68 bits per heavy atom. The number of aromatic nitrogens is 2. The van der Waals surface area contributed by atoms with E-state index >= 15 is 0 Å². The summed E-state index contributed by atoms with van der Waals surface area (Å²) in [5.74, 6) is 0.768. The number of benzene rings is 1. The molecule has 3 amide bonds. The number of aryl methyl sites for hydroxylation is 2. The van der Waals surface area contributed by atoms with Gasteiger partial charge in [-0.3, -0.25) is 14.8 Å². The maximum Gasteiger partial charge on any atom is 0.320 e. The van der Waals surface area contributed by atoms with E-state index in [-0.39, 0.29) is 18.0 Å². The lowest BCUT2D eigenvalue weighted by Gasteiger charge is -2.25. The molecule has 0 radical (unpaired) electrons. The van der Waals surface area contributed by atoms with Gasteiger partial charge in [0.2, 0.25) is 5.91 Å². The van der Waals surface area contributed by atoms with Crippen molar-refractivity contribution < 1.29 is 9.59 Å². The highest BCUT2D eigenvalue weighted by Crippen LogP contribution is 2.19. The van der Waals surface area contributed by atoms with Crippen molar-refractivity contribution in [3.05, 3.63) is 47.7 Å². The Bertz CT molecular complexity index is 756. The zero-order valence-corrected chi connectivity index (χ0v) is 14.5. The molecule has 2 N–H and O–H groups in total. The maximum atomic E-state index is 12.4. The molecule has 1 aromatic heterocycles. The molecule has 0 bridgehead atoms. The minimum Gasteiger partial charge on any atom is -0.340 e. The summed E-state index contributed by atoms with van der Waals surface area (Å²) in [6.07, 6.45) is 1.46. The molecule has 1 atom stereocenters. The maximum absolute atomic E-state index is 12.4. The Labute approximate surface area is 147 Å². The van der Waals surface area contributed by atoms with Gasteiger partial charge < -0.3 is 10.2 Å². The Kier molecular flexibility index (Phi) is 5.02. The zero-order chi connectivity index (χ0) is 17.8. The third-order valence-electron chi connectivity index (χ3n) is 4.33. The second-order valence-electron chi connectivity index (χ2n) is 6.30. The molecule has 1 unspecified atom stereocenters. The van der Waals surface area contributed by atoms with Gasteiger partial charge in [0.15, 0.2) is 0 Å². The Balaban J connectivity index is 1.71. The molecule has 25 heavy (non-hydrogen) atoms. The van der Waals surface area contributed by atoms with Crippen LogP contribution >= 0.6 is 0 Å². The average Bonchev–Trinajstić information content (AvgIpc) is 3.13. The number of carbonyl (C=O) groups excluding carboxylic acids is 2. The fourth-order valence-electron chi connectivity index (χ4n) is 3.08. The lowest BCUT2D eigenvalue weighted by atomic mass is 10.1. The molecule has 1 fully saturated rings. The summed E-state index contributed by atoms with van der Waals surface area (Å²) >= 11 is 0. The molecule has 7 heteroatoms. The molecule has 0 spiro atoms. The van der Waals surface area contributed by atoms with Gasteiger partial charge in [-0.05, 0) is 18.9 Å². The van der Waals surface area contributed by atoms with Crippen LogP contribution in [0.1, 0.15) is 30.1 Å². The molecule has 1 aliphatic rings. The van der Waals surface area contributed by atoms with Crippen molar-refractivity contribution in [3.8, 4) is 0 Å². The minimum absolute atomic E-state index is 0.144. The first kappa shape index (κ1) is 17.0. The van der Waals surface area contributed by atoms with Gasteiger partial charge in [0.1, 0.15) is 5.82 Å². The van der Waals surface area contributed by atoms with Gasteiger partial charge >= 0.3 is 6.03 Å². The van der Waals surface area contributed by atoms with Crippen LogP contribution in [0.5, 0.6) is 0 Å². The third kappa shape index (κ3) is 4.17. The Hall–Kier alpha value is -2.83. The van der Waals surface area contributed by atoms with Crippen LogP contribution in [0.15, 0.2) is 36.4 Å². The molecular formula is C18H23N5O2. The number of hydrogen-bond acceptors (Lipinski definition) is 3. The summed E-state index contributed by atoms with van der Waals surface area (Å²) in [6, 6.07) is 10.9. The number of urea groups is 1. The molecule has 1 aliphatic heterocycles. The van der Waals surface area contributed by atoms with Gasteiger partial charge in [0.05, 0.1) is 11.7 Å². The number of nitrogens with one attached hydrogen (secondary N) is 2. The molecule has 0 aliphatic carbocycles. The van der Waals surface area contributed by atoms with Crippen LogP contribution in [-0.2, 0) is 11.8 Å². The second-order valence-corrected chi connectivity index (χ2v) is 6.30. The number of nitrogens with zero attached hydrogens (tertiary/aromatic N) is 3. The van der Waals surface area contributed by atoms with E-state index in [1.54, 1.807) is 17.8 Å². The van der Waals surface area contributed by atoms with E-state index in [1.165, 1.54) is 0 Å². The molecular weight excluding hydrogens is 318 g/mol. The van der Waals surface area contributed by atoms with Gasteiger partial charge in [-0.2, -0.15) is 5.10 Å². The van der Waals surface area contributed by atoms with E-state index in [0.717, 1.165) is 24.2 Å².